The van der Waals surface area contributed by atoms with Gasteiger partial charge in [0.05, 0.1) is 7.11 Å². The number of sulfonamides is 1. The van der Waals surface area contributed by atoms with Gasteiger partial charge in [-0.05, 0) is 48.7 Å². The van der Waals surface area contributed by atoms with Crippen molar-refractivity contribution in [1.29, 1.82) is 0 Å². The number of nitrogens with one attached hydrogen (secondary N) is 1. The Morgan fingerprint density at radius 1 is 1.07 bits per heavy atom. The van der Waals surface area contributed by atoms with E-state index in [0.29, 0.717) is 24.7 Å². The standard InChI is InChI=1S/C21H25ClN2O4S/c1-28-19-11-8-17(21(25)23-15-16-6-9-18(22)10-7-16)14-20(19)29(26,27)24-12-4-2-3-5-13-24/h6-11,14H,2-5,12-13,15H2,1H3,(H,23,25). The molecule has 3 rings (SSSR count). The van der Waals surface area contributed by atoms with E-state index in [4.69, 9.17) is 16.3 Å². The fraction of sp³-hybridized carbons (Fsp3) is 0.381. The monoisotopic (exact) mass is 436 g/mol. The van der Waals surface area contributed by atoms with Gasteiger partial charge in [0, 0.05) is 30.2 Å². The number of methoxy groups -OCH3 is 1. The molecule has 1 heterocycles. The quantitative estimate of drug-likeness (QED) is 0.746. The molecule has 0 saturated carbocycles. The molecule has 0 radical (unpaired) electrons. The molecule has 6 nitrogen and oxygen atoms in total. The summed E-state index contributed by atoms with van der Waals surface area (Å²) >= 11 is 5.87. The minimum absolute atomic E-state index is 0.0287. The molecule has 1 N–H and O–H groups in total. The van der Waals surface area contributed by atoms with Gasteiger partial charge in [-0.2, -0.15) is 4.31 Å². The van der Waals surface area contributed by atoms with E-state index in [1.54, 1.807) is 18.2 Å². The van der Waals surface area contributed by atoms with Crippen LogP contribution in [0.1, 0.15) is 41.6 Å². The van der Waals surface area contributed by atoms with Gasteiger partial charge in [-0.1, -0.05) is 36.6 Å². The fourth-order valence-electron chi connectivity index (χ4n) is 3.33. The smallest absolute Gasteiger partial charge is 0.251 e. The third kappa shape index (κ3) is 5.29. The second-order valence-corrected chi connectivity index (χ2v) is 9.34. The highest BCUT2D eigenvalue weighted by Gasteiger charge is 2.29. The molecule has 0 bridgehead atoms. The number of carbonyl (C=O) groups is 1. The number of nitrogens with zero attached hydrogens (tertiary/aromatic N) is 1. The molecule has 0 spiro atoms. The van der Waals surface area contributed by atoms with Gasteiger partial charge in [-0.15, -0.1) is 0 Å². The minimum Gasteiger partial charge on any atom is -0.495 e. The van der Waals surface area contributed by atoms with Crippen LogP contribution in [-0.4, -0.2) is 38.8 Å². The maximum Gasteiger partial charge on any atom is 0.251 e. The fourth-order valence-corrected chi connectivity index (χ4v) is 5.15. The van der Waals surface area contributed by atoms with E-state index in [1.807, 2.05) is 12.1 Å². The van der Waals surface area contributed by atoms with Crippen LogP contribution in [0.25, 0.3) is 0 Å². The predicted molar refractivity (Wildman–Crippen MR) is 113 cm³/mol. The lowest BCUT2D eigenvalue weighted by atomic mass is 10.2. The van der Waals surface area contributed by atoms with E-state index in [-0.39, 0.29) is 22.1 Å². The van der Waals surface area contributed by atoms with Gasteiger partial charge in [0.2, 0.25) is 10.0 Å². The Morgan fingerprint density at radius 2 is 1.72 bits per heavy atom. The Morgan fingerprint density at radius 3 is 2.34 bits per heavy atom. The summed E-state index contributed by atoms with van der Waals surface area (Å²) < 4.78 is 33.2. The number of benzene rings is 2. The van der Waals surface area contributed by atoms with Crippen molar-refractivity contribution in [2.24, 2.45) is 0 Å². The molecule has 0 unspecified atom stereocenters. The molecule has 2 aromatic carbocycles. The molecule has 1 amide bonds. The molecule has 2 aromatic rings. The maximum absolute atomic E-state index is 13.2. The van der Waals surface area contributed by atoms with Crippen LogP contribution in [0.5, 0.6) is 5.75 Å². The van der Waals surface area contributed by atoms with E-state index in [0.717, 1.165) is 31.2 Å². The van der Waals surface area contributed by atoms with Gasteiger partial charge in [0.25, 0.3) is 5.91 Å². The second-order valence-electron chi connectivity index (χ2n) is 6.99. The summed E-state index contributed by atoms with van der Waals surface area (Å²) in [6.45, 7) is 1.28. The molecule has 8 heteroatoms. The zero-order valence-corrected chi connectivity index (χ0v) is 17.9. The third-order valence-corrected chi connectivity index (χ3v) is 7.15. The molecule has 1 saturated heterocycles. The topological polar surface area (TPSA) is 75.7 Å². The van der Waals surface area contributed by atoms with Crippen LogP contribution in [0.2, 0.25) is 5.02 Å². The first-order chi connectivity index (χ1) is 13.9. The van der Waals surface area contributed by atoms with E-state index >= 15 is 0 Å². The van der Waals surface area contributed by atoms with E-state index in [9.17, 15) is 13.2 Å². The lowest BCUT2D eigenvalue weighted by molar-refractivity contribution is 0.0950. The molecule has 1 aliphatic rings. The molecule has 1 aliphatic heterocycles. The molecular weight excluding hydrogens is 412 g/mol. The van der Waals surface area contributed by atoms with E-state index in [1.165, 1.54) is 23.5 Å². The van der Waals surface area contributed by atoms with Crippen molar-refractivity contribution >= 4 is 27.5 Å². The number of amides is 1. The van der Waals surface area contributed by atoms with Crippen LogP contribution in [0.15, 0.2) is 47.4 Å². The van der Waals surface area contributed by atoms with Crippen LogP contribution in [-0.2, 0) is 16.6 Å². The van der Waals surface area contributed by atoms with Crippen LogP contribution in [0.3, 0.4) is 0 Å². The number of rotatable bonds is 6. The number of ether oxygens (including phenoxy) is 1. The Balaban J connectivity index is 1.82. The largest absolute Gasteiger partial charge is 0.495 e. The van der Waals surface area contributed by atoms with Crippen LogP contribution in [0.4, 0.5) is 0 Å². The van der Waals surface area contributed by atoms with Gasteiger partial charge in [-0.25, -0.2) is 8.42 Å². The summed E-state index contributed by atoms with van der Waals surface area (Å²) in [6, 6.07) is 11.7. The summed E-state index contributed by atoms with van der Waals surface area (Å²) in [7, 11) is -2.31. The van der Waals surface area contributed by atoms with Gasteiger partial charge >= 0.3 is 0 Å². The SMILES string of the molecule is COc1ccc(C(=O)NCc2ccc(Cl)cc2)cc1S(=O)(=O)N1CCCCCC1. The number of carbonyl (C=O) groups excluding carboxylic acids is 1. The summed E-state index contributed by atoms with van der Waals surface area (Å²) in [5, 5.41) is 3.43. The third-order valence-electron chi connectivity index (χ3n) is 4.97. The zero-order valence-electron chi connectivity index (χ0n) is 16.4. The summed E-state index contributed by atoms with van der Waals surface area (Å²) in [6.07, 6.45) is 3.72. The summed E-state index contributed by atoms with van der Waals surface area (Å²) in [4.78, 5) is 12.6. The maximum atomic E-state index is 13.2. The zero-order chi connectivity index (χ0) is 20.9. The van der Waals surface area contributed by atoms with Crippen molar-refractivity contribution in [1.82, 2.24) is 9.62 Å². The van der Waals surface area contributed by atoms with Crippen molar-refractivity contribution in [3.8, 4) is 5.75 Å². The average molecular weight is 437 g/mol. The van der Waals surface area contributed by atoms with Crippen LogP contribution < -0.4 is 10.1 Å². The van der Waals surface area contributed by atoms with Gasteiger partial charge < -0.3 is 10.1 Å². The molecular formula is C21H25ClN2O4S. The highest BCUT2D eigenvalue weighted by molar-refractivity contribution is 7.89. The molecule has 0 aliphatic carbocycles. The normalized spacial score (nSPS) is 15.5. The Kier molecular flexibility index (Phi) is 7.16. The van der Waals surface area contributed by atoms with E-state index in [2.05, 4.69) is 5.32 Å². The summed E-state index contributed by atoms with van der Waals surface area (Å²) in [5.41, 5.74) is 1.17. The lowest BCUT2D eigenvalue weighted by Gasteiger charge is -2.21. The minimum atomic E-state index is -3.74. The molecule has 1 fully saturated rings. The van der Waals surface area contributed by atoms with Crippen molar-refractivity contribution in [2.75, 3.05) is 20.2 Å². The van der Waals surface area contributed by atoms with Crippen molar-refractivity contribution in [3.63, 3.8) is 0 Å². The Bertz CT molecular complexity index is 953. The van der Waals surface area contributed by atoms with E-state index < -0.39 is 10.0 Å². The van der Waals surface area contributed by atoms with Crippen molar-refractivity contribution in [3.05, 3.63) is 58.6 Å². The number of hydrogen-bond acceptors (Lipinski definition) is 4. The highest BCUT2D eigenvalue weighted by atomic mass is 35.5. The van der Waals surface area contributed by atoms with Gasteiger partial charge in [0.1, 0.15) is 10.6 Å². The second kappa shape index (κ2) is 9.61. The molecule has 0 atom stereocenters. The Hall–Kier alpha value is -2.09. The van der Waals surface area contributed by atoms with Crippen LogP contribution in [0, 0.1) is 0 Å². The number of hydrogen-bond donors (Lipinski definition) is 1. The highest BCUT2D eigenvalue weighted by Crippen LogP contribution is 2.29. The van der Waals surface area contributed by atoms with Gasteiger partial charge in [-0.3, -0.25) is 4.79 Å². The number of halogens is 1. The average Bonchev–Trinajstić information content (AvgIpc) is 3.03. The molecule has 156 valence electrons. The van der Waals surface area contributed by atoms with Gasteiger partial charge in [0.15, 0.2) is 0 Å². The molecule has 0 aromatic heterocycles. The van der Waals surface area contributed by atoms with Crippen LogP contribution >= 0.6 is 11.6 Å². The predicted octanol–water partition coefficient (Wildman–Crippen LogP) is 3.84. The first-order valence-corrected chi connectivity index (χ1v) is 11.4. The van der Waals surface area contributed by atoms with Crippen molar-refractivity contribution in [2.45, 2.75) is 37.1 Å². The molecule has 29 heavy (non-hydrogen) atoms. The lowest BCUT2D eigenvalue weighted by Crippen LogP contribution is -2.32. The summed E-state index contributed by atoms with van der Waals surface area (Å²) in [5.74, 6) is -0.113. The first kappa shape index (κ1) is 21.6. The first-order valence-electron chi connectivity index (χ1n) is 9.62. The van der Waals surface area contributed by atoms with Crippen molar-refractivity contribution < 1.29 is 17.9 Å². The Labute approximate surface area is 176 Å².